The summed E-state index contributed by atoms with van der Waals surface area (Å²) in [6, 6.07) is 7.20. The van der Waals surface area contributed by atoms with Crippen LogP contribution >= 0.6 is 11.3 Å². The molecule has 14 heavy (non-hydrogen) atoms. The van der Waals surface area contributed by atoms with Gasteiger partial charge in [0.05, 0.1) is 11.8 Å². The van der Waals surface area contributed by atoms with Crippen molar-refractivity contribution in [2.75, 3.05) is 7.11 Å². The Balaban J connectivity index is 2.70. The summed E-state index contributed by atoms with van der Waals surface area (Å²) in [6.45, 7) is 0. The predicted octanol–water partition coefficient (Wildman–Crippen LogP) is 2.61. The minimum absolute atomic E-state index is 0.338. The van der Waals surface area contributed by atoms with E-state index in [4.69, 9.17) is 9.84 Å². The monoisotopic (exact) mass is 208 g/mol. The number of fused-ring (bicyclic) bond motifs is 1. The number of benzene rings is 1. The van der Waals surface area contributed by atoms with Gasteiger partial charge >= 0.3 is 5.97 Å². The van der Waals surface area contributed by atoms with Gasteiger partial charge in [-0.3, -0.25) is 0 Å². The van der Waals surface area contributed by atoms with E-state index in [1.54, 1.807) is 13.2 Å². The van der Waals surface area contributed by atoms with Gasteiger partial charge in [-0.1, -0.05) is 12.1 Å². The minimum atomic E-state index is -0.895. The highest BCUT2D eigenvalue weighted by Gasteiger charge is 2.10. The summed E-state index contributed by atoms with van der Waals surface area (Å²) in [7, 11) is 1.58. The molecular formula is C10H8O3S. The van der Waals surface area contributed by atoms with Crippen LogP contribution in [0.2, 0.25) is 0 Å². The van der Waals surface area contributed by atoms with Gasteiger partial charge in [0.25, 0.3) is 0 Å². The molecule has 0 fully saturated rings. The van der Waals surface area contributed by atoms with Gasteiger partial charge in [-0.05, 0) is 17.5 Å². The average molecular weight is 208 g/mol. The number of hydrogen-bond donors (Lipinski definition) is 1. The SMILES string of the molecule is COc1cccc2cc(C(=O)O)sc12. The van der Waals surface area contributed by atoms with Crippen molar-refractivity contribution >= 4 is 27.4 Å². The lowest BCUT2D eigenvalue weighted by Crippen LogP contribution is -1.89. The fourth-order valence-corrected chi connectivity index (χ4v) is 2.29. The topological polar surface area (TPSA) is 46.5 Å². The highest BCUT2D eigenvalue weighted by atomic mass is 32.1. The van der Waals surface area contributed by atoms with Gasteiger partial charge in [0.2, 0.25) is 0 Å². The standard InChI is InChI=1S/C10H8O3S/c1-13-7-4-2-3-6-5-8(10(11)12)14-9(6)7/h2-5H,1H3,(H,11,12). The van der Waals surface area contributed by atoms with Gasteiger partial charge in [-0.15, -0.1) is 11.3 Å². The molecule has 0 radical (unpaired) electrons. The molecule has 0 atom stereocenters. The van der Waals surface area contributed by atoms with Gasteiger partial charge in [0.1, 0.15) is 10.6 Å². The van der Waals surface area contributed by atoms with E-state index >= 15 is 0 Å². The van der Waals surface area contributed by atoms with Crippen molar-refractivity contribution in [1.82, 2.24) is 0 Å². The molecule has 1 N–H and O–H groups in total. The first-order valence-electron chi connectivity index (χ1n) is 4.02. The molecule has 0 bridgehead atoms. The number of carbonyl (C=O) groups is 1. The fraction of sp³-hybridized carbons (Fsp3) is 0.100. The van der Waals surface area contributed by atoms with E-state index in [-0.39, 0.29) is 0 Å². The van der Waals surface area contributed by atoms with Crippen molar-refractivity contribution in [1.29, 1.82) is 0 Å². The molecule has 0 spiro atoms. The zero-order valence-corrected chi connectivity index (χ0v) is 8.30. The van der Waals surface area contributed by atoms with Crippen LogP contribution in [-0.4, -0.2) is 18.2 Å². The second kappa shape index (κ2) is 3.31. The summed E-state index contributed by atoms with van der Waals surface area (Å²) in [5.74, 6) is -0.173. The first kappa shape index (κ1) is 9.02. The molecule has 0 unspecified atom stereocenters. The number of aromatic carboxylic acids is 1. The second-order valence-electron chi connectivity index (χ2n) is 2.79. The molecule has 0 saturated carbocycles. The summed E-state index contributed by atoms with van der Waals surface area (Å²) in [4.78, 5) is 11.1. The van der Waals surface area contributed by atoms with E-state index in [0.717, 1.165) is 15.8 Å². The first-order chi connectivity index (χ1) is 6.72. The third-order valence-corrected chi connectivity index (χ3v) is 3.09. The Bertz CT molecular complexity index is 487. The second-order valence-corrected chi connectivity index (χ2v) is 3.85. The first-order valence-corrected chi connectivity index (χ1v) is 4.84. The van der Waals surface area contributed by atoms with Crippen molar-refractivity contribution in [2.24, 2.45) is 0 Å². The van der Waals surface area contributed by atoms with E-state index < -0.39 is 5.97 Å². The Labute approximate surface area is 84.6 Å². The third kappa shape index (κ3) is 1.33. The number of ether oxygens (including phenoxy) is 1. The summed E-state index contributed by atoms with van der Waals surface area (Å²) < 4.78 is 6.02. The van der Waals surface area contributed by atoms with E-state index in [0.29, 0.717) is 4.88 Å². The summed E-state index contributed by atoms with van der Waals surface area (Å²) in [5.41, 5.74) is 0. The largest absolute Gasteiger partial charge is 0.495 e. The molecule has 2 rings (SSSR count). The van der Waals surface area contributed by atoms with Crippen molar-refractivity contribution in [3.8, 4) is 5.75 Å². The summed E-state index contributed by atoms with van der Waals surface area (Å²) >= 11 is 1.23. The van der Waals surface area contributed by atoms with Crippen LogP contribution in [0.5, 0.6) is 5.75 Å². The van der Waals surface area contributed by atoms with E-state index in [1.165, 1.54) is 11.3 Å². The Kier molecular flexibility index (Phi) is 2.13. The van der Waals surface area contributed by atoms with Crippen LogP contribution in [0.25, 0.3) is 10.1 Å². The summed E-state index contributed by atoms with van der Waals surface area (Å²) in [6.07, 6.45) is 0. The van der Waals surface area contributed by atoms with Gasteiger partial charge in [-0.2, -0.15) is 0 Å². The van der Waals surface area contributed by atoms with E-state index in [9.17, 15) is 4.79 Å². The molecule has 0 aliphatic heterocycles. The van der Waals surface area contributed by atoms with Crippen molar-refractivity contribution < 1.29 is 14.6 Å². The van der Waals surface area contributed by atoms with Gasteiger partial charge in [0, 0.05) is 0 Å². The van der Waals surface area contributed by atoms with Gasteiger partial charge in [0.15, 0.2) is 0 Å². The normalized spacial score (nSPS) is 10.4. The molecule has 0 saturated heterocycles. The van der Waals surface area contributed by atoms with Crippen molar-refractivity contribution in [3.63, 3.8) is 0 Å². The predicted molar refractivity (Wildman–Crippen MR) is 55.3 cm³/mol. The molecular weight excluding hydrogens is 200 g/mol. The molecule has 4 heteroatoms. The van der Waals surface area contributed by atoms with Crippen molar-refractivity contribution in [2.45, 2.75) is 0 Å². The van der Waals surface area contributed by atoms with E-state index in [2.05, 4.69) is 0 Å². The Morgan fingerprint density at radius 3 is 2.93 bits per heavy atom. The summed E-state index contributed by atoms with van der Waals surface area (Å²) in [5, 5.41) is 9.73. The molecule has 1 heterocycles. The molecule has 3 nitrogen and oxygen atoms in total. The zero-order valence-electron chi connectivity index (χ0n) is 7.48. The van der Waals surface area contributed by atoms with Crippen LogP contribution in [-0.2, 0) is 0 Å². The molecule has 0 aliphatic carbocycles. The number of rotatable bonds is 2. The van der Waals surface area contributed by atoms with Crippen LogP contribution in [0, 0.1) is 0 Å². The number of carboxylic acids is 1. The highest BCUT2D eigenvalue weighted by Crippen LogP contribution is 2.33. The van der Waals surface area contributed by atoms with Crippen molar-refractivity contribution in [3.05, 3.63) is 29.1 Å². The number of methoxy groups -OCH3 is 1. The Hall–Kier alpha value is -1.55. The molecule has 1 aromatic heterocycles. The number of carboxylic acid groups (broad SMARTS) is 1. The molecule has 0 aliphatic rings. The lowest BCUT2D eigenvalue weighted by Gasteiger charge is -1.98. The third-order valence-electron chi connectivity index (χ3n) is 1.94. The van der Waals surface area contributed by atoms with Gasteiger partial charge < -0.3 is 9.84 Å². The average Bonchev–Trinajstić information content (AvgIpc) is 2.60. The number of thiophene rings is 1. The smallest absolute Gasteiger partial charge is 0.345 e. The molecule has 1 aromatic carbocycles. The molecule has 0 amide bonds. The van der Waals surface area contributed by atoms with E-state index in [1.807, 2.05) is 18.2 Å². The lowest BCUT2D eigenvalue weighted by molar-refractivity contribution is 0.0702. The molecule has 72 valence electrons. The lowest BCUT2D eigenvalue weighted by atomic mass is 10.2. The maximum atomic E-state index is 10.7. The quantitative estimate of drug-likeness (QED) is 0.825. The van der Waals surface area contributed by atoms with Crippen LogP contribution in [0.15, 0.2) is 24.3 Å². The van der Waals surface area contributed by atoms with Crippen LogP contribution in [0.3, 0.4) is 0 Å². The van der Waals surface area contributed by atoms with Crippen LogP contribution in [0.4, 0.5) is 0 Å². The zero-order chi connectivity index (χ0) is 10.1. The van der Waals surface area contributed by atoms with Crippen LogP contribution in [0.1, 0.15) is 9.67 Å². The van der Waals surface area contributed by atoms with Crippen LogP contribution < -0.4 is 4.74 Å². The Morgan fingerprint density at radius 1 is 1.50 bits per heavy atom. The highest BCUT2D eigenvalue weighted by molar-refractivity contribution is 7.21. The maximum absolute atomic E-state index is 10.7. The fourth-order valence-electron chi connectivity index (χ4n) is 1.30. The number of hydrogen-bond acceptors (Lipinski definition) is 3. The molecule has 2 aromatic rings. The minimum Gasteiger partial charge on any atom is -0.495 e. The maximum Gasteiger partial charge on any atom is 0.345 e. The Morgan fingerprint density at radius 2 is 2.29 bits per heavy atom. The van der Waals surface area contributed by atoms with Gasteiger partial charge in [-0.25, -0.2) is 4.79 Å².